The Bertz CT molecular complexity index is 837. The highest BCUT2D eigenvalue weighted by molar-refractivity contribution is 7.98. The molecule has 1 aromatic carbocycles. The molecular weight excluding hydrogens is 334 g/mol. The van der Waals surface area contributed by atoms with Crippen molar-refractivity contribution in [3.8, 4) is 11.5 Å². The molecule has 0 unspecified atom stereocenters. The average Bonchev–Trinajstić information content (AvgIpc) is 3.23. The third kappa shape index (κ3) is 2.54. The molecule has 3 heterocycles. The minimum absolute atomic E-state index is 0.0372. The zero-order valence-corrected chi connectivity index (χ0v) is 13.4. The lowest BCUT2D eigenvalue weighted by Crippen LogP contribution is -2.23. The first-order valence-electron chi connectivity index (χ1n) is 7.15. The maximum atomic E-state index is 12.3. The van der Waals surface area contributed by atoms with Crippen molar-refractivity contribution >= 4 is 35.2 Å². The summed E-state index contributed by atoms with van der Waals surface area (Å²) in [5, 5.41) is 10.1. The van der Waals surface area contributed by atoms with Crippen LogP contribution in [0.5, 0.6) is 11.5 Å². The van der Waals surface area contributed by atoms with Crippen molar-refractivity contribution in [1.29, 1.82) is 0 Å². The van der Waals surface area contributed by atoms with E-state index in [4.69, 9.17) is 9.47 Å². The summed E-state index contributed by atoms with van der Waals surface area (Å²) in [4.78, 5) is 28.4. The lowest BCUT2D eigenvalue weighted by atomic mass is 10.2. The fourth-order valence-electron chi connectivity index (χ4n) is 2.54. The molecule has 0 radical (unpaired) electrons. The van der Waals surface area contributed by atoms with Crippen molar-refractivity contribution in [3.05, 3.63) is 18.2 Å². The van der Waals surface area contributed by atoms with Crippen molar-refractivity contribution in [1.82, 2.24) is 14.8 Å². The number of benzene rings is 1. The van der Waals surface area contributed by atoms with Crippen LogP contribution in [-0.2, 0) is 9.59 Å². The zero-order valence-electron chi connectivity index (χ0n) is 12.6. The van der Waals surface area contributed by atoms with Crippen LogP contribution in [0, 0.1) is 0 Å². The highest BCUT2D eigenvalue weighted by Crippen LogP contribution is 2.34. The van der Waals surface area contributed by atoms with E-state index in [2.05, 4.69) is 20.7 Å². The van der Waals surface area contributed by atoms with Gasteiger partial charge in [-0.05, 0) is 18.4 Å². The van der Waals surface area contributed by atoms with E-state index in [0.29, 0.717) is 28.3 Å². The molecule has 2 amide bonds. The maximum absolute atomic E-state index is 12.3. The molecule has 2 N–H and O–H groups in total. The van der Waals surface area contributed by atoms with Gasteiger partial charge in [-0.15, -0.1) is 5.10 Å². The largest absolute Gasteiger partial charge is 0.454 e. The van der Waals surface area contributed by atoms with Gasteiger partial charge < -0.3 is 14.8 Å². The second-order valence-corrected chi connectivity index (χ2v) is 5.97. The van der Waals surface area contributed by atoms with Crippen LogP contribution < -0.4 is 20.1 Å². The fraction of sp³-hybridized carbons (Fsp3) is 0.286. The van der Waals surface area contributed by atoms with Gasteiger partial charge >= 0.3 is 0 Å². The summed E-state index contributed by atoms with van der Waals surface area (Å²) in [6, 6.07) is 4.41. The summed E-state index contributed by atoms with van der Waals surface area (Å²) in [6.07, 6.45) is 1.80. The summed E-state index contributed by atoms with van der Waals surface area (Å²) < 4.78 is 11.9. The minimum Gasteiger partial charge on any atom is -0.454 e. The number of aromatic nitrogens is 3. The first kappa shape index (κ1) is 14.8. The molecule has 9 nitrogen and oxygen atoms in total. The van der Waals surface area contributed by atoms with E-state index >= 15 is 0 Å². The smallest absolute Gasteiger partial charge is 0.252 e. The van der Waals surface area contributed by atoms with Crippen LogP contribution in [0.15, 0.2) is 23.4 Å². The van der Waals surface area contributed by atoms with Gasteiger partial charge in [-0.2, -0.15) is 4.98 Å². The Balaban J connectivity index is 1.46. The van der Waals surface area contributed by atoms with Crippen molar-refractivity contribution in [2.45, 2.75) is 17.6 Å². The molecule has 0 saturated heterocycles. The number of rotatable bonds is 4. The second kappa shape index (κ2) is 5.71. The van der Waals surface area contributed by atoms with Gasteiger partial charge in [0.15, 0.2) is 11.5 Å². The van der Waals surface area contributed by atoms with E-state index in [-0.39, 0.29) is 25.0 Å². The summed E-state index contributed by atoms with van der Waals surface area (Å²) in [6.45, 7) is 0.168. The normalized spacial score (nSPS) is 17.5. The molecule has 4 rings (SSSR count). The lowest BCUT2D eigenvalue weighted by molar-refractivity contribution is -0.123. The molecule has 0 bridgehead atoms. The van der Waals surface area contributed by atoms with Gasteiger partial charge in [0.1, 0.15) is 6.04 Å². The highest BCUT2D eigenvalue weighted by Gasteiger charge is 2.35. The number of carbonyl (C=O) groups excluding carboxylic acids is 2. The van der Waals surface area contributed by atoms with Gasteiger partial charge in [-0.1, -0.05) is 11.8 Å². The van der Waals surface area contributed by atoms with Crippen LogP contribution >= 0.6 is 11.8 Å². The molecule has 2 aliphatic heterocycles. The van der Waals surface area contributed by atoms with E-state index in [1.165, 1.54) is 16.4 Å². The second-order valence-electron chi connectivity index (χ2n) is 5.19. The van der Waals surface area contributed by atoms with Crippen LogP contribution in [0.4, 0.5) is 11.6 Å². The monoisotopic (exact) mass is 347 g/mol. The summed E-state index contributed by atoms with van der Waals surface area (Å²) >= 11 is 1.37. The van der Waals surface area contributed by atoms with E-state index in [9.17, 15) is 9.59 Å². The molecule has 1 aromatic heterocycles. The number of nitrogens with one attached hydrogen (secondary N) is 2. The molecule has 2 aliphatic rings. The molecule has 0 fully saturated rings. The number of fused-ring (bicyclic) bond motifs is 2. The molecule has 24 heavy (non-hydrogen) atoms. The third-order valence-corrected chi connectivity index (χ3v) is 4.20. The van der Waals surface area contributed by atoms with E-state index < -0.39 is 6.04 Å². The highest BCUT2D eigenvalue weighted by atomic mass is 32.2. The Morgan fingerprint density at radius 2 is 2.29 bits per heavy atom. The zero-order chi connectivity index (χ0) is 16.7. The number of hydrogen-bond acceptors (Lipinski definition) is 7. The number of carbonyl (C=O) groups is 2. The third-order valence-electron chi connectivity index (χ3n) is 3.66. The number of anilines is 2. The number of hydrogen-bond donors (Lipinski definition) is 2. The number of thioether (sulfide) groups is 1. The first-order chi connectivity index (χ1) is 11.6. The van der Waals surface area contributed by atoms with Crippen molar-refractivity contribution in [3.63, 3.8) is 0 Å². The van der Waals surface area contributed by atoms with Gasteiger partial charge in [-0.3, -0.25) is 14.9 Å². The molecule has 2 aromatic rings. The molecule has 124 valence electrons. The topological polar surface area (TPSA) is 107 Å². The van der Waals surface area contributed by atoms with Crippen molar-refractivity contribution in [2.75, 3.05) is 23.7 Å². The fourth-order valence-corrected chi connectivity index (χ4v) is 2.89. The summed E-state index contributed by atoms with van der Waals surface area (Å²) in [5.41, 5.74) is 0.575. The number of nitrogens with zero attached hydrogens (tertiary/aromatic N) is 3. The minimum atomic E-state index is -0.706. The van der Waals surface area contributed by atoms with Crippen LogP contribution in [0.2, 0.25) is 0 Å². The molecule has 1 atom stereocenters. The van der Waals surface area contributed by atoms with Gasteiger partial charge in [-0.25, -0.2) is 4.68 Å². The molecule has 0 spiro atoms. The van der Waals surface area contributed by atoms with E-state index in [1.54, 1.807) is 18.2 Å². The molecule has 0 saturated carbocycles. The Labute approximate surface area is 140 Å². The Kier molecular flexibility index (Phi) is 3.53. The summed E-state index contributed by atoms with van der Waals surface area (Å²) in [5.74, 6) is 0.987. The van der Waals surface area contributed by atoms with E-state index in [1.807, 2.05) is 6.26 Å². The Morgan fingerprint density at radius 1 is 1.46 bits per heavy atom. The number of amides is 2. The van der Waals surface area contributed by atoms with Crippen molar-refractivity contribution in [2.24, 2.45) is 0 Å². The number of ether oxygens (including phenoxy) is 2. The summed E-state index contributed by atoms with van der Waals surface area (Å²) in [7, 11) is 0. The van der Waals surface area contributed by atoms with Gasteiger partial charge in [0.05, 0.1) is 6.42 Å². The molecule has 10 heteroatoms. The van der Waals surface area contributed by atoms with Crippen molar-refractivity contribution < 1.29 is 19.1 Å². The SMILES string of the molecule is CSc1nc2n(n1)[C@@H](CC(=O)Nc1ccc3c(c1)OCO3)C(=O)N2. The standard InChI is InChI=1S/C14H13N5O4S/c1-24-14-17-13-16-12(21)8(19(13)18-14)5-11(20)15-7-2-3-9-10(4-7)23-6-22-9/h2-4,8H,5-6H2,1H3,(H,15,20)(H,16,17,18,21)/t8-/m0/s1. The quantitative estimate of drug-likeness (QED) is 0.802. The van der Waals surface area contributed by atoms with Gasteiger partial charge in [0.25, 0.3) is 5.91 Å². The lowest BCUT2D eigenvalue weighted by Gasteiger charge is -2.10. The molecule has 0 aliphatic carbocycles. The van der Waals surface area contributed by atoms with Gasteiger partial charge in [0, 0.05) is 11.8 Å². The van der Waals surface area contributed by atoms with Crippen LogP contribution in [0.1, 0.15) is 12.5 Å². The Morgan fingerprint density at radius 3 is 3.12 bits per heavy atom. The van der Waals surface area contributed by atoms with E-state index in [0.717, 1.165) is 0 Å². The average molecular weight is 347 g/mol. The predicted octanol–water partition coefficient (Wildman–Crippen LogP) is 1.25. The van der Waals surface area contributed by atoms with Crippen LogP contribution in [0.3, 0.4) is 0 Å². The maximum Gasteiger partial charge on any atom is 0.252 e. The predicted molar refractivity (Wildman–Crippen MR) is 85.3 cm³/mol. The van der Waals surface area contributed by atoms with Gasteiger partial charge in [0.2, 0.25) is 23.8 Å². The molecular formula is C14H13N5O4S. The van der Waals surface area contributed by atoms with Crippen LogP contribution in [0.25, 0.3) is 0 Å². The Hall–Kier alpha value is -2.75. The first-order valence-corrected chi connectivity index (χ1v) is 8.37. The van der Waals surface area contributed by atoms with Crippen LogP contribution in [-0.4, -0.2) is 39.6 Å².